The molecule has 6 heteroatoms. The molecule has 2 N–H and O–H groups in total. The standard InChI is InChI=1S/C14H20BrNO3S/c15-12-6-8-13(9-7-12)20(18,19)16-10-14(17)11-4-2-1-3-5-11/h6-9,11,14,16-17H,1-5,10H2. The van der Waals surface area contributed by atoms with Crippen LogP contribution in [0.3, 0.4) is 0 Å². The minimum absolute atomic E-state index is 0.0864. The van der Waals surface area contributed by atoms with E-state index in [2.05, 4.69) is 20.7 Å². The monoisotopic (exact) mass is 361 g/mol. The van der Waals surface area contributed by atoms with Gasteiger partial charge in [0.25, 0.3) is 0 Å². The number of halogens is 1. The SMILES string of the molecule is O=S(=O)(NCC(O)C1CCCCC1)c1ccc(Br)cc1. The van der Waals surface area contributed by atoms with Crippen molar-refractivity contribution in [2.45, 2.75) is 43.1 Å². The lowest BCUT2D eigenvalue weighted by Crippen LogP contribution is -2.37. The molecule has 1 saturated carbocycles. The maximum absolute atomic E-state index is 12.1. The zero-order valence-corrected chi connectivity index (χ0v) is 13.7. The Morgan fingerprint density at radius 2 is 1.80 bits per heavy atom. The first kappa shape index (κ1) is 15.9. The van der Waals surface area contributed by atoms with Crippen LogP contribution in [0, 0.1) is 5.92 Å². The molecule has 0 spiro atoms. The molecule has 112 valence electrons. The number of aliphatic hydroxyl groups is 1. The van der Waals surface area contributed by atoms with E-state index in [1.165, 1.54) is 6.42 Å². The smallest absolute Gasteiger partial charge is 0.240 e. The van der Waals surface area contributed by atoms with Gasteiger partial charge in [0, 0.05) is 11.0 Å². The third kappa shape index (κ3) is 4.28. The second-order valence-electron chi connectivity index (χ2n) is 5.27. The van der Waals surface area contributed by atoms with Crippen molar-refractivity contribution in [3.05, 3.63) is 28.7 Å². The summed E-state index contributed by atoms with van der Waals surface area (Å²) in [5, 5.41) is 10.1. The van der Waals surface area contributed by atoms with Crippen LogP contribution in [-0.4, -0.2) is 26.2 Å². The van der Waals surface area contributed by atoms with E-state index >= 15 is 0 Å². The fraction of sp³-hybridized carbons (Fsp3) is 0.571. The van der Waals surface area contributed by atoms with Crippen molar-refractivity contribution in [3.8, 4) is 0 Å². The third-order valence-electron chi connectivity index (χ3n) is 3.80. The minimum Gasteiger partial charge on any atom is -0.391 e. The van der Waals surface area contributed by atoms with Gasteiger partial charge in [-0.25, -0.2) is 13.1 Å². The topological polar surface area (TPSA) is 66.4 Å². The molecule has 1 aliphatic rings. The quantitative estimate of drug-likeness (QED) is 0.846. The van der Waals surface area contributed by atoms with Crippen molar-refractivity contribution in [2.75, 3.05) is 6.54 Å². The number of hydrogen-bond donors (Lipinski definition) is 2. The fourth-order valence-corrected chi connectivity index (χ4v) is 3.89. The van der Waals surface area contributed by atoms with Gasteiger partial charge in [0.2, 0.25) is 10.0 Å². The molecule has 2 rings (SSSR count). The average molecular weight is 362 g/mol. The maximum Gasteiger partial charge on any atom is 0.240 e. The van der Waals surface area contributed by atoms with Gasteiger partial charge in [-0.1, -0.05) is 35.2 Å². The number of rotatable bonds is 5. The van der Waals surface area contributed by atoms with Crippen LogP contribution in [0.5, 0.6) is 0 Å². The normalized spacial score (nSPS) is 18.9. The first-order valence-corrected chi connectivity index (χ1v) is 9.20. The van der Waals surface area contributed by atoms with E-state index in [1.54, 1.807) is 24.3 Å². The lowest BCUT2D eigenvalue weighted by molar-refractivity contribution is 0.0888. The summed E-state index contributed by atoms with van der Waals surface area (Å²) in [5.41, 5.74) is 0. The molecule has 1 atom stereocenters. The molecule has 0 aliphatic heterocycles. The van der Waals surface area contributed by atoms with Gasteiger partial charge < -0.3 is 5.11 Å². The molecule has 1 unspecified atom stereocenters. The summed E-state index contributed by atoms with van der Waals surface area (Å²) in [6, 6.07) is 6.46. The second kappa shape index (κ2) is 7.02. The average Bonchev–Trinajstić information content (AvgIpc) is 2.46. The van der Waals surface area contributed by atoms with Crippen molar-refractivity contribution in [3.63, 3.8) is 0 Å². The van der Waals surface area contributed by atoms with Crippen molar-refractivity contribution in [2.24, 2.45) is 5.92 Å². The number of nitrogens with one attached hydrogen (secondary N) is 1. The zero-order chi connectivity index (χ0) is 14.6. The highest BCUT2D eigenvalue weighted by Crippen LogP contribution is 2.26. The van der Waals surface area contributed by atoms with Gasteiger partial charge in [-0.3, -0.25) is 0 Å². The molecule has 0 amide bonds. The van der Waals surface area contributed by atoms with E-state index in [9.17, 15) is 13.5 Å². The Balaban J connectivity index is 1.93. The Bertz CT molecular complexity index is 524. The first-order valence-electron chi connectivity index (χ1n) is 6.92. The molecule has 0 bridgehead atoms. The van der Waals surface area contributed by atoms with Crippen LogP contribution in [-0.2, 0) is 10.0 Å². The van der Waals surface area contributed by atoms with Crippen LogP contribution < -0.4 is 4.72 Å². The predicted molar refractivity (Wildman–Crippen MR) is 81.9 cm³/mol. The van der Waals surface area contributed by atoms with E-state index in [0.717, 1.165) is 30.2 Å². The van der Waals surface area contributed by atoms with Gasteiger partial charge in [0.15, 0.2) is 0 Å². The second-order valence-corrected chi connectivity index (χ2v) is 7.95. The lowest BCUT2D eigenvalue weighted by atomic mass is 9.85. The molecular formula is C14H20BrNO3S. The van der Waals surface area contributed by atoms with Crippen LogP contribution in [0.1, 0.15) is 32.1 Å². The van der Waals surface area contributed by atoms with Crippen LogP contribution in [0.15, 0.2) is 33.6 Å². The first-order chi connectivity index (χ1) is 9.49. The number of aliphatic hydroxyl groups excluding tert-OH is 1. The van der Waals surface area contributed by atoms with Gasteiger partial charge in [-0.05, 0) is 43.0 Å². The number of sulfonamides is 1. The van der Waals surface area contributed by atoms with Crippen molar-refractivity contribution >= 4 is 26.0 Å². The summed E-state index contributed by atoms with van der Waals surface area (Å²) < 4.78 is 27.5. The van der Waals surface area contributed by atoms with Gasteiger partial charge in [-0.15, -0.1) is 0 Å². The minimum atomic E-state index is -3.54. The molecular weight excluding hydrogens is 342 g/mol. The highest BCUT2D eigenvalue weighted by atomic mass is 79.9. The van der Waals surface area contributed by atoms with Gasteiger partial charge >= 0.3 is 0 Å². The molecule has 0 saturated heterocycles. The molecule has 1 fully saturated rings. The molecule has 4 nitrogen and oxygen atoms in total. The van der Waals surface area contributed by atoms with E-state index in [1.807, 2.05) is 0 Å². The third-order valence-corrected chi connectivity index (χ3v) is 5.77. The Labute approximate surface area is 128 Å². The summed E-state index contributed by atoms with van der Waals surface area (Å²) in [6.45, 7) is 0.0864. The van der Waals surface area contributed by atoms with Gasteiger partial charge in [0.05, 0.1) is 11.0 Å². The molecule has 1 aromatic carbocycles. The summed E-state index contributed by atoms with van der Waals surface area (Å²) in [7, 11) is -3.54. The lowest BCUT2D eigenvalue weighted by Gasteiger charge is -2.26. The fourth-order valence-electron chi connectivity index (χ4n) is 2.58. The van der Waals surface area contributed by atoms with Crippen molar-refractivity contribution < 1.29 is 13.5 Å². The van der Waals surface area contributed by atoms with Gasteiger partial charge in [0.1, 0.15) is 0 Å². The van der Waals surface area contributed by atoms with Crippen molar-refractivity contribution in [1.82, 2.24) is 4.72 Å². The largest absolute Gasteiger partial charge is 0.391 e. The summed E-state index contributed by atoms with van der Waals surface area (Å²) >= 11 is 3.27. The highest BCUT2D eigenvalue weighted by Gasteiger charge is 2.23. The molecule has 20 heavy (non-hydrogen) atoms. The van der Waals surface area contributed by atoms with Crippen molar-refractivity contribution in [1.29, 1.82) is 0 Å². The zero-order valence-electron chi connectivity index (χ0n) is 11.3. The Hall–Kier alpha value is -0.430. The maximum atomic E-state index is 12.1. The van der Waals surface area contributed by atoms with E-state index in [4.69, 9.17) is 0 Å². The Morgan fingerprint density at radius 3 is 2.40 bits per heavy atom. The van der Waals surface area contributed by atoms with Gasteiger partial charge in [-0.2, -0.15) is 0 Å². The van der Waals surface area contributed by atoms with Crippen LogP contribution in [0.25, 0.3) is 0 Å². The van der Waals surface area contributed by atoms with Crippen LogP contribution >= 0.6 is 15.9 Å². The number of benzene rings is 1. The summed E-state index contributed by atoms with van der Waals surface area (Å²) in [4.78, 5) is 0.219. The van der Waals surface area contributed by atoms with Crippen LogP contribution in [0.2, 0.25) is 0 Å². The summed E-state index contributed by atoms with van der Waals surface area (Å²) in [5.74, 6) is 0.219. The number of hydrogen-bond acceptors (Lipinski definition) is 3. The molecule has 1 aliphatic carbocycles. The van der Waals surface area contributed by atoms with Crippen LogP contribution in [0.4, 0.5) is 0 Å². The molecule has 1 aromatic rings. The molecule has 0 heterocycles. The Kier molecular flexibility index (Phi) is 5.60. The predicted octanol–water partition coefficient (Wildman–Crippen LogP) is 2.67. The van der Waals surface area contributed by atoms with E-state index in [0.29, 0.717) is 0 Å². The Morgan fingerprint density at radius 1 is 1.20 bits per heavy atom. The molecule has 0 radical (unpaired) electrons. The highest BCUT2D eigenvalue weighted by molar-refractivity contribution is 9.10. The van der Waals surface area contributed by atoms with E-state index < -0.39 is 16.1 Å². The summed E-state index contributed by atoms with van der Waals surface area (Å²) in [6.07, 6.45) is 4.85. The molecule has 0 aromatic heterocycles. The van der Waals surface area contributed by atoms with E-state index in [-0.39, 0.29) is 17.4 Å².